The third-order valence-electron chi connectivity index (χ3n) is 5.30. The first-order valence-corrected chi connectivity index (χ1v) is 10.3. The third-order valence-corrected chi connectivity index (χ3v) is 5.96. The van der Waals surface area contributed by atoms with Crippen molar-refractivity contribution in [3.8, 4) is 11.1 Å². The zero-order valence-corrected chi connectivity index (χ0v) is 16.0. The monoisotopic (exact) mass is 391 g/mol. The second-order valence-corrected chi connectivity index (χ2v) is 7.75. The van der Waals surface area contributed by atoms with Crippen molar-refractivity contribution in [3.05, 3.63) is 78.0 Å². The van der Waals surface area contributed by atoms with Crippen LogP contribution in [0.1, 0.15) is 30.0 Å². The number of halogens is 1. The van der Waals surface area contributed by atoms with E-state index in [0.29, 0.717) is 23.3 Å². The van der Waals surface area contributed by atoms with Gasteiger partial charge in [0.25, 0.3) is 0 Å². The molecule has 2 atom stereocenters. The minimum Gasteiger partial charge on any atom is -0.385 e. The van der Waals surface area contributed by atoms with Gasteiger partial charge in [0, 0.05) is 29.8 Å². The van der Waals surface area contributed by atoms with E-state index in [1.54, 1.807) is 18.0 Å². The van der Waals surface area contributed by atoms with E-state index >= 15 is 0 Å². The molecule has 0 bridgehead atoms. The number of aliphatic hydroxyl groups excluding tert-OH is 1. The van der Waals surface area contributed by atoms with Crippen LogP contribution in [0.4, 0.5) is 4.39 Å². The Morgan fingerprint density at radius 3 is 2.68 bits per heavy atom. The largest absolute Gasteiger partial charge is 0.385 e. The molecule has 2 aromatic heterocycles. The molecule has 1 aliphatic heterocycles. The van der Waals surface area contributed by atoms with Gasteiger partial charge in [0.2, 0.25) is 0 Å². The summed E-state index contributed by atoms with van der Waals surface area (Å²) in [7, 11) is 0. The van der Waals surface area contributed by atoms with Crippen molar-refractivity contribution in [3.63, 3.8) is 0 Å². The number of pyridine rings is 1. The summed E-state index contributed by atoms with van der Waals surface area (Å²) >= 11 is 1.55. The molecule has 140 valence electrons. The smallest absolute Gasteiger partial charge is 0.139 e. The topological polar surface area (TPSA) is 50.9 Å². The van der Waals surface area contributed by atoms with Gasteiger partial charge in [0.1, 0.15) is 17.7 Å². The van der Waals surface area contributed by atoms with Gasteiger partial charge in [-0.05, 0) is 24.0 Å². The van der Waals surface area contributed by atoms with Crippen LogP contribution in [0.2, 0.25) is 0 Å². The number of thioether (sulfide) groups is 1. The van der Waals surface area contributed by atoms with E-state index in [4.69, 9.17) is 0 Å². The molecule has 4 aromatic rings. The molecule has 0 aliphatic carbocycles. The number of imidazole rings is 1. The summed E-state index contributed by atoms with van der Waals surface area (Å²) in [6.07, 6.45) is 3.56. The quantitative estimate of drug-likeness (QED) is 0.500. The van der Waals surface area contributed by atoms with E-state index in [-0.39, 0.29) is 11.9 Å². The number of aromatic nitrogens is 3. The molecule has 0 saturated carbocycles. The van der Waals surface area contributed by atoms with Crippen LogP contribution >= 0.6 is 11.8 Å². The van der Waals surface area contributed by atoms with Crippen molar-refractivity contribution >= 4 is 22.8 Å². The summed E-state index contributed by atoms with van der Waals surface area (Å²) in [6.45, 7) is 0. The van der Waals surface area contributed by atoms with Crippen molar-refractivity contribution < 1.29 is 9.50 Å². The first-order chi connectivity index (χ1) is 13.7. The summed E-state index contributed by atoms with van der Waals surface area (Å²) < 4.78 is 16.9. The summed E-state index contributed by atoms with van der Waals surface area (Å²) in [5.41, 5.74) is 3.71. The standard InChI is InChI=1S/C22H18FN3OS/c1-28-21-8-7-14(12-24-21)15-9-19-17(10-16(15)23)25-22-20(27)11-18(26(19)22)13-5-3-2-4-6-13/h2-10,12,18,20,27H,11H2,1H3. The molecule has 0 saturated heterocycles. The second-order valence-electron chi connectivity index (χ2n) is 6.93. The predicted octanol–water partition coefficient (Wildman–Crippen LogP) is 4.99. The lowest BCUT2D eigenvalue weighted by Gasteiger charge is -2.15. The fourth-order valence-corrected chi connectivity index (χ4v) is 4.32. The maximum absolute atomic E-state index is 14.8. The van der Waals surface area contributed by atoms with Gasteiger partial charge < -0.3 is 9.67 Å². The van der Waals surface area contributed by atoms with E-state index < -0.39 is 6.10 Å². The molecule has 6 heteroatoms. The van der Waals surface area contributed by atoms with Crippen molar-refractivity contribution in [2.45, 2.75) is 23.6 Å². The highest BCUT2D eigenvalue weighted by atomic mass is 32.2. The van der Waals surface area contributed by atoms with Gasteiger partial charge in [-0.15, -0.1) is 11.8 Å². The van der Waals surface area contributed by atoms with Crippen molar-refractivity contribution in [2.75, 3.05) is 6.26 Å². The molecule has 1 aliphatic rings. The molecule has 3 heterocycles. The summed E-state index contributed by atoms with van der Waals surface area (Å²) in [4.78, 5) is 8.89. The fourth-order valence-electron chi connectivity index (χ4n) is 3.96. The van der Waals surface area contributed by atoms with Crippen molar-refractivity contribution in [1.29, 1.82) is 0 Å². The third kappa shape index (κ3) is 2.72. The lowest BCUT2D eigenvalue weighted by molar-refractivity contribution is 0.172. The summed E-state index contributed by atoms with van der Waals surface area (Å²) in [6, 6.07) is 17.1. The molecule has 4 nitrogen and oxygen atoms in total. The van der Waals surface area contributed by atoms with Crippen LogP contribution in [-0.2, 0) is 0 Å². The Kier molecular flexibility index (Phi) is 4.18. The van der Waals surface area contributed by atoms with E-state index in [9.17, 15) is 9.50 Å². The molecule has 2 unspecified atom stereocenters. The first kappa shape index (κ1) is 17.4. The van der Waals surface area contributed by atoms with Gasteiger partial charge >= 0.3 is 0 Å². The lowest BCUT2D eigenvalue weighted by Crippen LogP contribution is -2.05. The Morgan fingerprint density at radius 1 is 1.14 bits per heavy atom. The van der Waals surface area contributed by atoms with Crippen LogP contribution in [0.3, 0.4) is 0 Å². The molecule has 2 aromatic carbocycles. The average Bonchev–Trinajstić information content (AvgIpc) is 3.25. The molecular formula is C22H18FN3OS. The van der Waals surface area contributed by atoms with Gasteiger partial charge in [0.15, 0.2) is 0 Å². The molecule has 0 radical (unpaired) electrons. The minimum atomic E-state index is -0.661. The van der Waals surface area contributed by atoms with Crippen LogP contribution in [0.5, 0.6) is 0 Å². The lowest BCUT2D eigenvalue weighted by atomic mass is 10.0. The normalized spacial score (nSPS) is 18.5. The maximum Gasteiger partial charge on any atom is 0.139 e. The predicted molar refractivity (Wildman–Crippen MR) is 109 cm³/mol. The van der Waals surface area contributed by atoms with E-state index in [2.05, 4.69) is 9.97 Å². The van der Waals surface area contributed by atoms with Crippen LogP contribution in [-0.4, -0.2) is 25.9 Å². The molecule has 0 amide bonds. The summed E-state index contributed by atoms with van der Waals surface area (Å²) in [5, 5.41) is 11.4. The number of fused-ring (bicyclic) bond motifs is 3. The van der Waals surface area contributed by atoms with E-state index in [1.165, 1.54) is 6.07 Å². The van der Waals surface area contributed by atoms with Crippen LogP contribution in [0.25, 0.3) is 22.2 Å². The molecule has 28 heavy (non-hydrogen) atoms. The average molecular weight is 391 g/mol. The number of hydrogen-bond donors (Lipinski definition) is 1. The fraction of sp³-hybridized carbons (Fsp3) is 0.182. The Hall–Kier alpha value is -2.70. The Labute approximate surface area is 166 Å². The van der Waals surface area contributed by atoms with Crippen LogP contribution in [0.15, 0.2) is 65.8 Å². The van der Waals surface area contributed by atoms with Crippen LogP contribution < -0.4 is 0 Å². The van der Waals surface area contributed by atoms with Gasteiger partial charge in [-0.3, -0.25) is 0 Å². The van der Waals surface area contributed by atoms with E-state index in [0.717, 1.165) is 21.7 Å². The SMILES string of the molecule is CSc1ccc(-c2cc3c(cc2F)nc2n3C(c3ccccc3)CC2O)cn1. The number of benzene rings is 2. The minimum absolute atomic E-state index is 0.0218. The highest BCUT2D eigenvalue weighted by Crippen LogP contribution is 2.42. The Bertz CT molecular complexity index is 1160. The van der Waals surface area contributed by atoms with Gasteiger partial charge in [-0.1, -0.05) is 36.4 Å². The molecule has 0 spiro atoms. The Balaban J connectivity index is 1.69. The first-order valence-electron chi connectivity index (χ1n) is 9.10. The summed E-state index contributed by atoms with van der Waals surface area (Å²) in [5.74, 6) is 0.255. The van der Waals surface area contributed by atoms with Crippen molar-refractivity contribution in [1.82, 2.24) is 14.5 Å². The van der Waals surface area contributed by atoms with E-state index in [1.807, 2.05) is 59.4 Å². The second kappa shape index (κ2) is 6.72. The number of aliphatic hydroxyl groups is 1. The van der Waals surface area contributed by atoms with Crippen molar-refractivity contribution in [2.24, 2.45) is 0 Å². The zero-order valence-electron chi connectivity index (χ0n) is 15.2. The van der Waals surface area contributed by atoms with Crippen LogP contribution in [0, 0.1) is 5.82 Å². The van der Waals surface area contributed by atoms with Gasteiger partial charge in [-0.2, -0.15) is 0 Å². The molecule has 1 N–H and O–H groups in total. The van der Waals surface area contributed by atoms with Gasteiger partial charge in [0.05, 0.1) is 22.1 Å². The zero-order chi connectivity index (χ0) is 19.3. The molecule has 0 fully saturated rings. The van der Waals surface area contributed by atoms with Gasteiger partial charge in [-0.25, -0.2) is 14.4 Å². The number of hydrogen-bond acceptors (Lipinski definition) is 4. The highest BCUT2D eigenvalue weighted by molar-refractivity contribution is 7.98. The number of rotatable bonds is 3. The Morgan fingerprint density at radius 2 is 1.96 bits per heavy atom. The molecule has 5 rings (SSSR count). The molecular weight excluding hydrogens is 373 g/mol. The maximum atomic E-state index is 14.8. The number of nitrogens with zero attached hydrogens (tertiary/aromatic N) is 3. The highest BCUT2D eigenvalue weighted by Gasteiger charge is 2.34.